The molecule has 76 valence electrons. The Balaban J connectivity index is 2.35. The third kappa shape index (κ3) is 3.15. The summed E-state index contributed by atoms with van der Waals surface area (Å²) < 4.78 is 0. The Labute approximate surface area is 82.8 Å². The summed E-state index contributed by atoms with van der Waals surface area (Å²) in [5.41, 5.74) is 0. The summed E-state index contributed by atoms with van der Waals surface area (Å²) in [4.78, 5) is 2.42. The monoisotopic (exact) mass is 181 g/mol. The Morgan fingerprint density at radius 3 is 2.54 bits per heavy atom. The maximum atomic E-state index is 3.79. The highest BCUT2D eigenvalue weighted by Gasteiger charge is 2.22. The first-order valence-electron chi connectivity index (χ1n) is 5.57. The minimum Gasteiger partial charge on any atom is -0.300 e. The van der Waals surface area contributed by atoms with E-state index in [-0.39, 0.29) is 0 Å². The molecule has 0 N–H and O–H groups in total. The van der Waals surface area contributed by atoms with Gasteiger partial charge < -0.3 is 0 Å². The second-order valence-corrected chi connectivity index (χ2v) is 4.37. The van der Waals surface area contributed by atoms with Gasteiger partial charge in [0.2, 0.25) is 0 Å². The highest BCUT2D eigenvalue weighted by molar-refractivity contribution is 4.80. The zero-order valence-corrected chi connectivity index (χ0v) is 9.13. The minimum absolute atomic E-state index is 0.735. The molecule has 1 atom stereocenters. The van der Waals surface area contributed by atoms with Gasteiger partial charge in [0.25, 0.3) is 0 Å². The van der Waals surface area contributed by atoms with E-state index in [2.05, 4.69) is 25.5 Å². The zero-order valence-electron chi connectivity index (χ0n) is 9.13. The van der Waals surface area contributed by atoms with Crippen LogP contribution in [0.2, 0.25) is 0 Å². The summed E-state index contributed by atoms with van der Waals surface area (Å²) in [6, 6.07) is 0.735. The summed E-state index contributed by atoms with van der Waals surface area (Å²) in [7, 11) is 2.21. The highest BCUT2D eigenvalue weighted by Crippen LogP contribution is 2.28. The molecule has 1 nitrogen and oxygen atoms in total. The Morgan fingerprint density at radius 2 is 2.00 bits per heavy atom. The third-order valence-electron chi connectivity index (χ3n) is 3.44. The van der Waals surface area contributed by atoms with E-state index in [9.17, 15) is 0 Å². The molecule has 0 aromatic carbocycles. The van der Waals surface area contributed by atoms with Gasteiger partial charge in [-0.15, -0.1) is 6.58 Å². The number of rotatable bonds is 4. The van der Waals surface area contributed by atoms with E-state index in [1.165, 1.54) is 32.1 Å². The van der Waals surface area contributed by atoms with E-state index in [0.29, 0.717) is 0 Å². The number of likely N-dealkylation sites (N-methyl/N-ethyl adjacent to an activating group) is 1. The maximum Gasteiger partial charge on any atom is 0.0160 e. The molecule has 1 aliphatic rings. The van der Waals surface area contributed by atoms with Crippen molar-refractivity contribution in [1.29, 1.82) is 0 Å². The molecule has 0 amide bonds. The van der Waals surface area contributed by atoms with Crippen LogP contribution in [0, 0.1) is 5.92 Å². The van der Waals surface area contributed by atoms with Gasteiger partial charge >= 0.3 is 0 Å². The molecule has 0 unspecified atom stereocenters. The van der Waals surface area contributed by atoms with Gasteiger partial charge in [0.05, 0.1) is 0 Å². The SMILES string of the molecule is C=CCN(C)[C@@H](C)C1CCCCC1. The maximum absolute atomic E-state index is 3.79. The Bertz CT molecular complexity index is 147. The molecule has 0 spiro atoms. The molecule has 0 aromatic heterocycles. The number of nitrogens with zero attached hydrogens (tertiary/aromatic N) is 1. The van der Waals surface area contributed by atoms with Gasteiger partial charge in [0, 0.05) is 12.6 Å². The fourth-order valence-corrected chi connectivity index (χ4v) is 2.35. The first-order chi connectivity index (χ1) is 6.25. The van der Waals surface area contributed by atoms with E-state index >= 15 is 0 Å². The average molecular weight is 181 g/mol. The van der Waals surface area contributed by atoms with Crippen molar-refractivity contribution in [2.45, 2.75) is 45.1 Å². The van der Waals surface area contributed by atoms with Crippen molar-refractivity contribution >= 4 is 0 Å². The minimum atomic E-state index is 0.735. The van der Waals surface area contributed by atoms with Crippen LogP contribution in [0.4, 0.5) is 0 Å². The predicted molar refractivity (Wildman–Crippen MR) is 58.9 cm³/mol. The lowest BCUT2D eigenvalue weighted by Crippen LogP contribution is -2.36. The van der Waals surface area contributed by atoms with Crippen molar-refractivity contribution < 1.29 is 0 Å². The molecule has 13 heavy (non-hydrogen) atoms. The molecule has 1 saturated carbocycles. The molecule has 1 aliphatic carbocycles. The summed E-state index contributed by atoms with van der Waals surface area (Å²) in [5.74, 6) is 0.929. The lowest BCUT2D eigenvalue weighted by atomic mass is 9.84. The van der Waals surface area contributed by atoms with E-state index in [1.54, 1.807) is 0 Å². The van der Waals surface area contributed by atoms with E-state index in [1.807, 2.05) is 6.08 Å². The van der Waals surface area contributed by atoms with Crippen molar-refractivity contribution in [2.24, 2.45) is 5.92 Å². The molecular formula is C12H23N. The van der Waals surface area contributed by atoms with Crippen LogP contribution in [0.25, 0.3) is 0 Å². The van der Waals surface area contributed by atoms with Crippen LogP contribution in [-0.2, 0) is 0 Å². The molecule has 0 heterocycles. The molecule has 0 radical (unpaired) electrons. The predicted octanol–water partition coefficient (Wildman–Crippen LogP) is 3.07. The standard InChI is InChI=1S/C12H23N/c1-4-10-13(3)11(2)12-8-6-5-7-9-12/h4,11-12H,1,5-10H2,2-3H3/t11-/m0/s1. The Morgan fingerprint density at radius 1 is 1.38 bits per heavy atom. The van der Waals surface area contributed by atoms with E-state index in [0.717, 1.165) is 18.5 Å². The lowest BCUT2D eigenvalue weighted by Gasteiger charge is -2.33. The normalized spacial score (nSPS) is 21.8. The fourth-order valence-electron chi connectivity index (χ4n) is 2.35. The second-order valence-electron chi connectivity index (χ2n) is 4.37. The smallest absolute Gasteiger partial charge is 0.0160 e. The van der Waals surface area contributed by atoms with E-state index in [4.69, 9.17) is 0 Å². The quantitative estimate of drug-likeness (QED) is 0.602. The Kier molecular flexibility index (Phi) is 4.51. The lowest BCUT2D eigenvalue weighted by molar-refractivity contribution is 0.170. The van der Waals surface area contributed by atoms with Gasteiger partial charge in [0.15, 0.2) is 0 Å². The van der Waals surface area contributed by atoms with Crippen LogP contribution >= 0.6 is 0 Å². The van der Waals surface area contributed by atoms with Crippen molar-refractivity contribution in [1.82, 2.24) is 4.90 Å². The molecule has 1 heteroatoms. The van der Waals surface area contributed by atoms with Crippen LogP contribution in [0.15, 0.2) is 12.7 Å². The third-order valence-corrected chi connectivity index (χ3v) is 3.44. The van der Waals surface area contributed by atoms with Gasteiger partial charge in [-0.3, -0.25) is 4.90 Å². The van der Waals surface area contributed by atoms with Crippen molar-refractivity contribution in [3.8, 4) is 0 Å². The van der Waals surface area contributed by atoms with Crippen molar-refractivity contribution in [3.05, 3.63) is 12.7 Å². The van der Waals surface area contributed by atoms with Gasteiger partial charge in [-0.1, -0.05) is 25.3 Å². The topological polar surface area (TPSA) is 3.24 Å². The summed E-state index contributed by atoms with van der Waals surface area (Å²) in [6.07, 6.45) is 9.20. The van der Waals surface area contributed by atoms with E-state index < -0.39 is 0 Å². The van der Waals surface area contributed by atoms with Gasteiger partial charge in [-0.25, -0.2) is 0 Å². The molecular weight excluding hydrogens is 158 g/mol. The van der Waals surface area contributed by atoms with Crippen LogP contribution in [0.3, 0.4) is 0 Å². The van der Waals surface area contributed by atoms with Crippen LogP contribution in [0.1, 0.15) is 39.0 Å². The van der Waals surface area contributed by atoms with Crippen molar-refractivity contribution in [3.63, 3.8) is 0 Å². The highest BCUT2D eigenvalue weighted by atomic mass is 15.1. The molecule has 0 aromatic rings. The van der Waals surface area contributed by atoms with Crippen molar-refractivity contribution in [2.75, 3.05) is 13.6 Å². The fraction of sp³-hybridized carbons (Fsp3) is 0.833. The van der Waals surface area contributed by atoms with Crippen LogP contribution < -0.4 is 0 Å². The second kappa shape index (κ2) is 5.43. The molecule has 0 aliphatic heterocycles. The summed E-state index contributed by atoms with van der Waals surface area (Å²) >= 11 is 0. The van der Waals surface area contributed by atoms with Crippen LogP contribution in [0.5, 0.6) is 0 Å². The largest absolute Gasteiger partial charge is 0.300 e. The number of hydrogen-bond acceptors (Lipinski definition) is 1. The van der Waals surface area contributed by atoms with Gasteiger partial charge in [-0.05, 0) is 32.7 Å². The first kappa shape index (κ1) is 10.8. The van der Waals surface area contributed by atoms with Gasteiger partial charge in [-0.2, -0.15) is 0 Å². The molecule has 1 fully saturated rings. The van der Waals surface area contributed by atoms with Gasteiger partial charge in [0.1, 0.15) is 0 Å². The molecule has 0 saturated heterocycles. The first-order valence-corrected chi connectivity index (χ1v) is 5.57. The molecule has 0 bridgehead atoms. The number of hydrogen-bond donors (Lipinski definition) is 0. The summed E-state index contributed by atoms with van der Waals surface area (Å²) in [6.45, 7) is 7.17. The van der Waals surface area contributed by atoms with Crippen LogP contribution in [-0.4, -0.2) is 24.5 Å². The molecule has 1 rings (SSSR count). The zero-order chi connectivity index (χ0) is 9.68. The average Bonchev–Trinajstić information content (AvgIpc) is 2.18. The summed E-state index contributed by atoms with van der Waals surface area (Å²) in [5, 5.41) is 0. The Hall–Kier alpha value is -0.300.